The van der Waals surface area contributed by atoms with Crippen LogP contribution in [-0.4, -0.2) is 66.9 Å². The van der Waals surface area contributed by atoms with Crippen molar-refractivity contribution < 1.29 is 120 Å². The molecular weight excluding hydrogens is 2000 g/mol. The van der Waals surface area contributed by atoms with E-state index in [-0.39, 0.29) is 92.3 Å². The summed E-state index contributed by atoms with van der Waals surface area (Å²) < 4.78 is 23.8. The molecule has 0 saturated heterocycles. The normalized spacial score (nSPS) is 9.16. The average Bonchev–Trinajstić information content (AvgIpc) is 1.04. The first-order chi connectivity index (χ1) is 56.5. The Kier molecular flexibility index (Phi) is 150. The van der Waals surface area contributed by atoms with Gasteiger partial charge in [0.2, 0.25) is 0 Å². The minimum atomic E-state index is -0.986. The van der Waals surface area contributed by atoms with E-state index in [9.17, 15) is 19.7 Å². The Hall–Kier alpha value is -7.86. The average molecular weight is 2180 g/mol. The Labute approximate surface area is 810 Å². The predicted octanol–water partition coefficient (Wildman–Crippen LogP) is 32.8. The predicted molar refractivity (Wildman–Crippen MR) is 532 cm³/mol. The van der Waals surface area contributed by atoms with Crippen LogP contribution in [0.15, 0.2) is 298 Å². The maximum Gasteiger partial charge on any atom is 2.00 e. The van der Waals surface area contributed by atoms with Crippen LogP contribution in [0.5, 0.6) is 0 Å². The number of carbonyl (C=O) groups excluding carboxylic acids is 2. The van der Waals surface area contributed by atoms with Crippen molar-refractivity contribution in [1.29, 1.82) is 0 Å². The smallest absolute Gasteiger partial charge is 0.693 e. The molecular formula is C106H181N2O14U2-. The fraction of sp³-hybridized carbons (Fsp3) is 0.491. The van der Waals surface area contributed by atoms with E-state index in [2.05, 4.69) is 237 Å². The van der Waals surface area contributed by atoms with Crippen LogP contribution >= 0.6 is 0 Å². The topological polar surface area (TPSA) is 205 Å². The third-order valence-electron chi connectivity index (χ3n) is 8.22. The molecule has 0 fully saturated rings. The molecule has 0 aliphatic rings. The van der Waals surface area contributed by atoms with E-state index in [1.165, 1.54) is 6.08 Å². The van der Waals surface area contributed by atoms with Crippen molar-refractivity contribution in [2.75, 3.05) is 39.6 Å². The number of aliphatic hydroxyl groups is 1. The van der Waals surface area contributed by atoms with Crippen LogP contribution in [0.2, 0.25) is 0 Å². The number of rotatable bonds is 21. The molecule has 708 valence electrons. The quantitative estimate of drug-likeness (QED) is 0.0104. The fourth-order valence-electron chi connectivity index (χ4n) is 4.43. The zero-order valence-electron chi connectivity index (χ0n) is 84.6. The minimum absolute atomic E-state index is 0. The molecule has 0 heterocycles. The molecule has 0 aliphatic carbocycles. The van der Waals surface area contributed by atoms with E-state index >= 15 is 0 Å². The zero-order chi connectivity index (χ0) is 97.9. The van der Waals surface area contributed by atoms with Gasteiger partial charge in [-0.3, -0.25) is 4.79 Å². The van der Waals surface area contributed by atoms with Crippen LogP contribution in [0.1, 0.15) is 274 Å². The van der Waals surface area contributed by atoms with Gasteiger partial charge in [-0.25, -0.2) is 11.4 Å². The minimum Gasteiger partial charge on any atom is -0.693 e. The standard InChI is InChI=1S/C8H14O.C6H11NO4.C6H12O2.C6H10O2.C6H10O.6C6H6.C5H9O.6C5H12.C2H5.CH2NO3.2U/c1-4-6-7-8(3)9-5-2;1-3-4-10-6(2)5-11-7(8)9;2*1-3-5-6(7)8-4-2;1-3-4-5-6(2)7;6*1-2-4-6-5-3-1;1-3-5-6-4-2;6*1-5(2,3)4;1-2;1-5-2(3)4;;/h4,6H,3,5,7H2,1-2H3;2-5H2,1H3;3-5H2,1-2H3;3,5H,4H2,1-2H3;3-4,7H,2,5H2,1H3;6*1-6H;2-3,5H2,1H3;6*1-4H3;1H2,2H3;1H2;;/q;;;;;;;;;;;-1;;;;;;;2*-1;;+2/b6-4+;;;5-3+;4-3+;;;;;;;;;;;;;;;;;. The molecule has 0 saturated carbocycles. The van der Waals surface area contributed by atoms with E-state index in [0.29, 0.717) is 65.2 Å². The number of ether oxygens (including phenoxy) is 5. The molecule has 0 amide bonds. The van der Waals surface area contributed by atoms with Crippen molar-refractivity contribution >= 4 is 11.9 Å². The van der Waals surface area contributed by atoms with Gasteiger partial charge in [0.05, 0.1) is 37.9 Å². The van der Waals surface area contributed by atoms with Crippen LogP contribution in [0.4, 0.5) is 0 Å². The number of benzene rings is 6. The number of carbonyl (C=O) groups is 2. The van der Waals surface area contributed by atoms with Gasteiger partial charge in [0, 0.05) is 63.1 Å². The van der Waals surface area contributed by atoms with Gasteiger partial charge in [0.1, 0.15) is 5.76 Å². The van der Waals surface area contributed by atoms with Crippen molar-refractivity contribution in [2.45, 2.75) is 274 Å². The van der Waals surface area contributed by atoms with Gasteiger partial charge in [-0.05, 0) is 93.3 Å². The molecule has 16 nitrogen and oxygen atoms in total. The number of nitrogens with zero attached hydrogens (tertiary/aromatic N) is 2. The number of aliphatic hydroxyl groups excluding tert-OH is 1. The van der Waals surface area contributed by atoms with Crippen molar-refractivity contribution in [3.05, 3.63) is 339 Å². The summed E-state index contributed by atoms with van der Waals surface area (Å²) >= 11 is 0. The van der Waals surface area contributed by atoms with Gasteiger partial charge in [-0.15, -0.1) is 20.2 Å². The first-order valence-electron chi connectivity index (χ1n) is 41.9. The molecule has 124 heavy (non-hydrogen) atoms. The van der Waals surface area contributed by atoms with E-state index in [4.69, 9.17) is 24.7 Å². The molecule has 0 spiro atoms. The molecule has 0 atom stereocenters. The Morgan fingerprint density at radius 1 is 0.387 bits per heavy atom. The third-order valence-corrected chi connectivity index (χ3v) is 8.22. The summed E-state index contributed by atoms with van der Waals surface area (Å²) in [7, 11) is 2.49. The van der Waals surface area contributed by atoms with E-state index < -0.39 is 10.2 Å². The van der Waals surface area contributed by atoms with Crippen molar-refractivity contribution in [3.8, 4) is 0 Å². The Morgan fingerprint density at radius 3 is 0.758 bits per heavy atom. The Balaban J connectivity index is -0.0000000710. The molecule has 0 aromatic heterocycles. The molecule has 18 heteroatoms. The second-order valence-electron chi connectivity index (χ2n) is 34.0. The first-order valence-corrected chi connectivity index (χ1v) is 41.9. The van der Waals surface area contributed by atoms with Gasteiger partial charge < -0.3 is 51.7 Å². The molecule has 6 aromatic carbocycles. The second kappa shape index (κ2) is 121. The van der Waals surface area contributed by atoms with Crippen LogP contribution in [0.25, 0.3) is 0 Å². The molecule has 0 radical (unpaired) electrons. The largest absolute Gasteiger partial charge is 2.00 e. The van der Waals surface area contributed by atoms with Gasteiger partial charge in [-0.2, -0.15) is 14.0 Å². The summed E-state index contributed by atoms with van der Waals surface area (Å²) in [6, 6.07) is 72.0. The maximum atomic E-state index is 10.4. The van der Waals surface area contributed by atoms with Crippen LogP contribution in [0.3, 0.4) is 0 Å². The van der Waals surface area contributed by atoms with Crippen LogP contribution in [0, 0.1) is 135 Å². The van der Waals surface area contributed by atoms with E-state index in [1.807, 2.05) is 291 Å². The Bertz CT molecular complexity index is 2520. The maximum absolute atomic E-state index is 10.4. The molecule has 6 rings (SSSR count). The van der Waals surface area contributed by atoms with Crippen molar-refractivity contribution in [1.82, 2.24) is 0 Å². The molecule has 1 N–H and O–H groups in total. The van der Waals surface area contributed by atoms with Crippen molar-refractivity contribution in [3.63, 3.8) is 0 Å². The zero-order valence-corrected chi connectivity index (χ0v) is 93.0. The first kappa shape index (κ1) is 154. The van der Waals surface area contributed by atoms with Gasteiger partial charge in [-0.1, -0.05) is 455 Å². The molecule has 0 bridgehead atoms. The van der Waals surface area contributed by atoms with Crippen LogP contribution < -0.4 is 0 Å². The molecule has 0 unspecified atom stereocenters. The second-order valence-corrected chi connectivity index (χ2v) is 34.0. The molecule has 6 aromatic rings. The van der Waals surface area contributed by atoms with E-state index in [1.54, 1.807) is 26.8 Å². The monoisotopic (exact) mass is 2180 g/mol. The summed E-state index contributed by atoms with van der Waals surface area (Å²) in [5.41, 5.74) is 3.00. The van der Waals surface area contributed by atoms with E-state index in [0.717, 1.165) is 44.7 Å². The number of hydrogen-bond acceptors (Lipinski definition) is 14. The fourth-order valence-corrected chi connectivity index (χ4v) is 4.43. The van der Waals surface area contributed by atoms with Crippen LogP contribution in [-0.2, 0) is 42.9 Å². The molecule has 0 aliphatic heterocycles. The number of hydrogen-bond donors (Lipinski definition) is 1. The number of allylic oxidation sites excluding steroid dienone is 5. The summed E-state index contributed by atoms with van der Waals surface area (Å²) in [5, 5.41) is 25.1. The van der Waals surface area contributed by atoms with Gasteiger partial charge in [0.15, 0.2) is 6.61 Å². The van der Waals surface area contributed by atoms with Gasteiger partial charge in [0.25, 0.3) is 10.2 Å². The Morgan fingerprint density at radius 2 is 0.613 bits per heavy atom. The van der Waals surface area contributed by atoms with Crippen molar-refractivity contribution in [2.24, 2.45) is 32.5 Å². The number of esters is 2. The third kappa shape index (κ3) is 344. The van der Waals surface area contributed by atoms with Gasteiger partial charge >= 0.3 is 43.1 Å². The summed E-state index contributed by atoms with van der Waals surface area (Å²) in [5.74, 6) is 0.988. The summed E-state index contributed by atoms with van der Waals surface area (Å²) in [4.78, 5) is 46.5. The summed E-state index contributed by atoms with van der Waals surface area (Å²) in [6.45, 7) is 91.0. The summed E-state index contributed by atoms with van der Waals surface area (Å²) in [6.07, 6.45) is 17.8. The SMILES string of the molecule is C/C=C/C(=O)OCC.C=C(C/C=C/C)OCC.C=C(CO[N+](=O)[O-])OCCC.C=C(O)C/C=C/C.C=[C-]OCCC.CC(C)(C)C.CC(C)(C)C.CC(C)(C)C.CC(C)(C)C.CC(C)(C)C.CC(C)(C)C.CCCC(=O)OCC.[CH2-]C.[CH2-]O[N+](=O)[O-].[U+2].[U].c1ccccc1.c1ccccc1.c1ccccc1.c1ccccc1.c1ccccc1.c1ccccc1.